The first-order valence-electron chi connectivity index (χ1n) is 7.93. The number of nitrogens with zero attached hydrogens (tertiary/aromatic N) is 1. The van der Waals surface area contributed by atoms with Crippen molar-refractivity contribution in [1.82, 2.24) is 5.32 Å². The van der Waals surface area contributed by atoms with Gasteiger partial charge in [0.05, 0.1) is 23.2 Å². The highest BCUT2D eigenvalue weighted by molar-refractivity contribution is 6.42. The van der Waals surface area contributed by atoms with Gasteiger partial charge in [0.1, 0.15) is 5.75 Å². The van der Waals surface area contributed by atoms with Gasteiger partial charge in [-0.3, -0.25) is 4.79 Å². The zero-order valence-corrected chi connectivity index (χ0v) is 15.5. The van der Waals surface area contributed by atoms with Crippen LogP contribution >= 0.6 is 23.2 Å². The van der Waals surface area contributed by atoms with Crippen LogP contribution in [0.25, 0.3) is 0 Å². The van der Waals surface area contributed by atoms with Crippen molar-refractivity contribution in [3.8, 4) is 5.75 Å². The maximum atomic E-state index is 12.3. The summed E-state index contributed by atoms with van der Waals surface area (Å²) < 4.78 is 5.19. The molecule has 1 aliphatic rings. The number of rotatable bonds is 4. The summed E-state index contributed by atoms with van der Waals surface area (Å²) in [7, 11) is 1.57. The lowest BCUT2D eigenvalue weighted by atomic mass is 10.2. The van der Waals surface area contributed by atoms with Gasteiger partial charge in [-0.25, -0.2) is 4.79 Å². The standard InChI is InChI=1S/C18H17Cl2N3O3/c1-26-14-4-2-3-13(9-14)23-10-12(8-17(23)24)22-18(25)21-11-5-6-15(19)16(20)7-11/h2-7,9,12H,8,10H2,1H3,(H2,21,22,25)/t12-/m1/s1. The summed E-state index contributed by atoms with van der Waals surface area (Å²) in [5.41, 5.74) is 1.26. The Morgan fingerprint density at radius 2 is 2.00 bits per heavy atom. The fourth-order valence-electron chi connectivity index (χ4n) is 2.76. The maximum Gasteiger partial charge on any atom is 0.319 e. The summed E-state index contributed by atoms with van der Waals surface area (Å²) in [6, 6.07) is 11.4. The molecule has 1 fully saturated rings. The van der Waals surface area contributed by atoms with E-state index in [0.717, 1.165) is 5.69 Å². The van der Waals surface area contributed by atoms with Crippen molar-refractivity contribution in [1.29, 1.82) is 0 Å². The summed E-state index contributed by atoms with van der Waals surface area (Å²) in [4.78, 5) is 26.1. The topological polar surface area (TPSA) is 70.7 Å². The molecule has 1 saturated heterocycles. The Morgan fingerprint density at radius 3 is 2.73 bits per heavy atom. The van der Waals surface area contributed by atoms with Crippen molar-refractivity contribution in [2.45, 2.75) is 12.5 Å². The Balaban J connectivity index is 1.61. The van der Waals surface area contributed by atoms with Crippen molar-refractivity contribution in [2.24, 2.45) is 0 Å². The number of carbonyl (C=O) groups excluding carboxylic acids is 2. The zero-order chi connectivity index (χ0) is 18.7. The van der Waals surface area contributed by atoms with Gasteiger partial charge in [-0.15, -0.1) is 0 Å². The molecule has 0 unspecified atom stereocenters. The molecule has 2 N–H and O–H groups in total. The van der Waals surface area contributed by atoms with E-state index in [4.69, 9.17) is 27.9 Å². The van der Waals surface area contributed by atoms with Crippen LogP contribution in [0.2, 0.25) is 10.0 Å². The molecular weight excluding hydrogens is 377 g/mol. The quantitative estimate of drug-likeness (QED) is 0.826. The van der Waals surface area contributed by atoms with Gasteiger partial charge in [-0.1, -0.05) is 29.3 Å². The molecule has 0 aromatic heterocycles. The van der Waals surface area contributed by atoms with E-state index in [-0.39, 0.29) is 18.4 Å². The SMILES string of the molecule is COc1cccc(N2C[C@H](NC(=O)Nc3ccc(Cl)c(Cl)c3)CC2=O)c1. The first-order chi connectivity index (χ1) is 12.5. The molecule has 1 atom stereocenters. The van der Waals surface area contributed by atoms with Crippen LogP contribution in [-0.2, 0) is 4.79 Å². The van der Waals surface area contributed by atoms with Crippen molar-refractivity contribution >= 4 is 46.5 Å². The number of carbonyl (C=O) groups is 2. The third kappa shape index (κ3) is 4.20. The molecule has 8 heteroatoms. The number of hydrogen-bond donors (Lipinski definition) is 2. The van der Waals surface area contributed by atoms with E-state index in [9.17, 15) is 9.59 Å². The second-order valence-corrected chi connectivity index (χ2v) is 6.65. The number of anilines is 2. The highest BCUT2D eigenvalue weighted by Gasteiger charge is 2.31. The highest BCUT2D eigenvalue weighted by atomic mass is 35.5. The molecule has 1 aliphatic heterocycles. The van der Waals surface area contributed by atoms with Crippen molar-refractivity contribution < 1.29 is 14.3 Å². The van der Waals surface area contributed by atoms with Gasteiger partial charge < -0.3 is 20.3 Å². The van der Waals surface area contributed by atoms with Crippen LogP contribution in [-0.4, -0.2) is 31.6 Å². The third-order valence-corrected chi connectivity index (χ3v) is 4.74. The molecule has 0 bridgehead atoms. The van der Waals surface area contributed by atoms with Gasteiger partial charge in [-0.2, -0.15) is 0 Å². The first kappa shape index (κ1) is 18.4. The van der Waals surface area contributed by atoms with E-state index >= 15 is 0 Å². The number of hydrogen-bond acceptors (Lipinski definition) is 3. The monoisotopic (exact) mass is 393 g/mol. The summed E-state index contributed by atoms with van der Waals surface area (Å²) >= 11 is 11.8. The number of methoxy groups -OCH3 is 1. The average molecular weight is 394 g/mol. The van der Waals surface area contributed by atoms with Gasteiger partial charge in [0.25, 0.3) is 0 Å². The first-order valence-corrected chi connectivity index (χ1v) is 8.69. The van der Waals surface area contributed by atoms with Crippen molar-refractivity contribution in [3.63, 3.8) is 0 Å². The second-order valence-electron chi connectivity index (χ2n) is 5.83. The van der Waals surface area contributed by atoms with Crippen LogP contribution < -0.4 is 20.3 Å². The molecule has 136 valence electrons. The fourth-order valence-corrected chi connectivity index (χ4v) is 3.06. The normalized spacial score (nSPS) is 16.5. The number of amides is 3. The number of urea groups is 1. The van der Waals surface area contributed by atoms with E-state index < -0.39 is 6.03 Å². The van der Waals surface area contributed by atoms with E-state index in [1.165, 1.54) is 0 Å². The molecule has 2 aromatic rings. The summed E-state index contributed by atoms with van der Waals surface area (Å²) in [6.45, 7) is 0.390. The van der Waals surface area contributed by atoms with Crippen molar-refractivity contribution in [2.75, 3.05) is 23.9 Å². The van der Waals surface area contributed by atoms with E-state index in [0.29, 0.717) is 28.0 Å². The smallest absolute Gasteiger partial charge is 0.319 e. The minimum absolute atomic E-state index is 0.0573. The molecule has 2 aromatic carbocycles. The van der Waals surface area contributed by atoms with Gasteiger partial charge >= 0.3 is 6.03 Å². The zero-order valence-electron chi connectivity index (χ0n) is 14.0. The number of ether oxygens (including phenoxy) is 1. The number of benzene rings is 2. The average Bonchev–Trinajstić information content (AvgIpc) is 2.98. The van der Waals surface area contributed by atoms with Gasteiger partial charge in [0, 0.05) is 30.4 Å². The molecule has 0 saturated carbocycles. The largest absolute Gasteiger partial charge is 0.497 e. The Bertz CT molecular complexity index is 844. The lowest BCUT2D eigenvalue weighted by molar-refractivity contribution is -0.117. The number of halogens is 2. The molecule has 0 radical (unpaired) electrons. The van der Waals surface area contributed by atoms with Crippen LogP contribution in [0.1, 0.15) is 6.42 Å². The molecule has 6 nitrogen and oxygen atoms in total. The van der Waals surface area contributed by atoms with Gasteiger partial charge in [0.2, 0.25) is 5.91 Å². The number of nitrogens with one attached hydrogen (secondary N) is 2. The molecular formula is C18H17Cl2N3O3. The lowest BCUT2D eigenvalue weighted by Gasteiger charge is -2.18. The predicted molar refractivity (Wildman–Crippen MR) is 102 cm³/mol. The maximum absolute atomic E-state index is 12.3. The molecule has 0 spiro atoms. The lowest BCUT2D eigenvalue weighted by Crippen LogP contribution is -2.39. The summed E-state index contributed by atoms with van der Waals surface area (Å²) in [5.74, 6) is 0.613. The predicted octanol–water partition coefficient (Wildman–Crippen LogP) is 3.93. The van der Waals surface area contributed by atoms with E-state index in [1.807, 2.05) is 18.2 Å². The third-order valence-electron chi connectivity index (χ3n) is 4.00. The molecule has 3 rings (SSSR count). The molecule has 1 heterocycles. The van der Waals surface area contributed by atoms with E-state index in [1.54, 1.807) is 36.3 Å². The van der Waals surface area contributed by atoms with Crippen LogP contribution in [0.4, 0.5) is 16.2 Å². The van der Waals surface area contributed by atoms with Gasteiger partial charge in [0.15, 0.2) is 0 Å². The van der Waals surface area contributed by atoms with Crippen molar-refractivity contribution in [3.05, 3.63) is 52.5 Å². The van der Waals surface area contributed by atoms with E-state index in [2.05, 4.69) is 10.6 Å². The Morgan fingerprint density at radius 1 is 1.19 bits per heavy atom. The van der Waals surface area contributed by atoms with Crippen LogP contribution in [0.5, 0.6) is 5.75 Å². The molecule has 3 amide bonds. The summed E-state index contributed by atoms with van der Waals surface area (Å²) in [6.07, 6.45) is 0.228. The van der Waals surface area contributed by atoms with Crippen LogP contribution in [0.15, 0.2) is 42.5 Å². The minimum atomic E-state index is -0.409. The Hall–Kier alpha value is -2.44. The summed E-state index contributed by atoms with van der Waals surface area (Å²) in [5, 5.41) is 6.24. The Labute approximate surface area is 161 Å². The molecule has 0 aliphatic carbocycles. The van der Waals surface area contributed by atoms with Gasteiger partial charge in [-0.05, 0) is 30.3 Å². The van der Waals surface area contributed by atoms with Crippen LogP contribution in [0.3, 0.4) is 0 Å². The minimum Gasteiger partial charge on any atom is -0.497 e. The fraction of sp³-hybridized carbons (Fsp3) is 0.222. The second kappa shape index (κ2) is 7.85. The Kier molecular flexibility index (Phi) is 5.54. The molecule has 26 heavy (non-hydrogen) atoms. The highest BCUT2D eigenvalue weighted by Crippen LogP contribution is 2.26. The van der Waals surface area contributed by atoms with Crippen LogP contribution in [0, 0.1) is 0 Å².